The first-order chi connectivity index (χ1) is 13.2. The van der Waals surface area contributed by atoms with E-state index in [2.05, 4.69) is 13.8 Å². The molecule has 4 nitrogen and oxygen atoms in total. The quantitative estimate of drug-likeness (QED) is 0.354. The van der Waals surface area contributed by atoms with E-state index in [-0.39, 0.29) is 11.3 Å². The van der Waals surface area contributed by atoms with E-state index >= 15 is 0 Å². The van der Waals surface area contributed by atoms with E-state index in [1.807, 2.05) is 5.32 Å². The fourth-order valence-corrected chi connectivity index (χ4v) is 2.59. The molecular formula is C20H27F5N2O2. The number of benzene rings is 1. The van der Waals surface area contributed by atoms with Crippen molar-refractivity contribution < 1.29 is 31.9 Å². The highest BCUT2D eigenvalue weighted by molar-refractivity contribution is 6.23. The van der Waals surface area contributed by atoms with Crippen molar-refractivity contribution in [2.45, 2.75) is 66.6 Å². The zero-order valence-corrected chi connectivity index (χ0v) is 17.3. The third-order valence-corrected chi connectivity index (χ3v) is 3.69. The summed E-state index contributed by atoms with van der Waals surface area (Å²) in [5, 5.41) is 18.9. The number of anilines is 1. The molecule has 0 bridgehead atoms. The molecule has 0 saturated heterocycles. The summed E-state index contributed by atoms with van der Waals surface area (Å²) in [5.41, 5.74) is -2.34. The van der Waals surface area contributed by atoms with Crippen LogP contribution in [0.4, 0.5) is 27.6 Å². The molecule has 9 heteroatoms. The second-order valence-corrected chi connectivity index (χ2v) is 6.63. The van der Waals surface area contributed by atoms with Crippen molar-refractivity contribution in [2.75, 3.05) is 5.32 Å². The topological polar surface area (TPSA) is 73.2 Å². The number of halogens is 5. The molecule has 0 amide bonds. The van der Waals surface area contributed by atoms with Gasteiger partial charge in [-0.05, 0) is 33.3 Å². The summed E-state index contributed by atoms with van der Waals surface area (Å²) in [7, 11) is 0. The van der Waals surface area contributed by atoms with Crippen molar-refractivity contribution in [3.05, 3.63) is 34.4 Å². The second-order valence-electron chi connectivity index (χ2n) is 6.63. The Morgan fingerprint density at radius 1 is 1.14 bits per heavy atom. The van der Waals surface area contributed by atoms with Gasteiger partial charge in [0.05, 0.1) is 0 Å². The van der Waals surface area contributed by atoms with E-state index in [9.17, 15) is 26.7 Å². The van der Waals surface area contributed by atoms with Gasteiger partial charge in [0.25, 0.3) is 0 Å². The first kappa shape index (κ1) is 26.6. The van der Waals surface area contributed by atoms with Crippen molar-refractivity contribution in [1.82, 2.24) is 0 Å². The Labute approximate surface area is 167 Å². The standard InChI is InChI=1S/C17H19F5N2O2.C3H8/c1-5-11(17(20,21)22)24-10-6-9(18)13(16(25)26)15(19)14(10)12(7(2)3)8(4)23;1-3-2/h6,11,23-24H,5H2,1-4H3,(H,25,26);3H2,1-2H3. The highest BCUT2D eigenvalue weighted by Gasteiger charge is 2.39. The van der Waals surface area contributed by atoms with Gasteiger partial charge >= 0.3 is 12.1 Å². The number of hydrogen-bond acceptors (Lipinski definition) is 3. The predicted octanol–water partition coefficient (Wildman–Crippen LogP) is 6.67. The summed E-state index contributed by atoms with van der Waals surface area (Å²) < 4.78 is 68.0. The number of carboxylic acids is 1. The number of hydrogen-bond donors (Lipinski definition) is 3. The van der Waals surface area contributed by atoms with Crippen LogP contribution in [0.15, 0.2) is 11.6 Å². The Morgan fingerprint density at radius 2 is 1.62 bits per heavy atom. The van der Waals surface area contributed by atoms with Gasteiger partial charge in [-0.3, -0.25) is 0 Å². The van der Waals surface area contributed by atoms with Gasteiger partial charge in [0, 0.05) is 22.5 Å². The van der Waals surface area contributed by atoms with E-state index in [1.165, 1.54) is 34.1 Å². The number of rotatable bonds is 6. The van der Waals surface area contributed by atoms with Gasteiger partial charge in [0.15, 0.2) is 5.82 Å². The molecule has 164 valence electrons. The van der Waals surface area contributed by atoms with Gasteiger partial charge in [0.1, 0.15) is 17.4 Å². The number of allylic oxidation sites excluding steroid dienone is 2. The SMILES string of the molecule is CCC.CCC(Nc1cc(F)c(C(=O)O)c(F)c1C(C(C)=N)=C(C)C)C(F)(F)F. The zero-order chi connectivity index (χ0) is 23.1. The third kappa shape index (κ3) is 6.83. The van der Waals surface area contributed by atoms with Crippen molar-refractivity contribution in [2.24, 2.45) is 0 Å². The lowest BCUT2D eigenvalue weighted by molar-refractivity contribution is -0.142. The normalized spacial score (nSPS) is 11.8. The molecule has 0 heterocycles. The molecular weight excluding hydrogens is 395 g/mol. The Kier molecular flexibility index (Phi) is 10.00. The maximum Gasteiger partial charge on any atom is 0.408 e. The first-order valence-corrected chi connectivity index (χ1v) is 9.06. The van der Waals surface area contributed by atoms with Gasteiger partial charge in [-0.2, -0.15) is 13.2 Å². The minimum atomic E-state index is -4.69. The van der Waals surface area contributed by atoms with Gasteiger partial charge in [-0.1, -0.05) is 32.8 Å². The zero-order valence-electron chi connectivity index (χ0n) is 17.3. The van der Waals surface area contributed by atoms with Crippen LogP contribution in [0.5, 0.6) is 0 Å². The van der Waals surface area contributed by atoms with Crippen LogP contribution in [0.3, 0.4) is 0 Å². The average molecular weight is 422 g/mol. The van der Waals surface area contributed by atoms with E-state index in [1.54, 1.807) is 0 Å². The number of nitrogens with one attached hydrogen (secondary N) is 2. The lowest BCUT2D eigenvalue weighted by Gasteiger charge is -2.25. The Morgan fingerprint density at radius 3 is 1.93 bits per heavy atom. The summed E-state index contributed by atoms with van der Waals surface area (Å²) in [4.78, 5) is 11.2. The molecule has 1 aromatic rings. The van der Waals surface area contributed by atoms with E-state index in [0.29, 0.717) is 11.6 Å². The summed E-state index contributed by atoms with van der Waals surface area (Å²) in [6, 6.07) is -1.58. The first-order valence-electron chi connectivity index (χ1n) is 9.06. The monoisotopic (exact) mass is 422 g/mol. The largest absolute Gasteiger partial charge is 0.477 e. The Hall–Kier alpha value is -2.45. The molecule has 29 heavy (non-hydrogen) atoms. The average Bonchev–Trinajstić information content (AvgIpc) is 2.53. The minimum Gasteiger partial charge on any atom is -0.477 e. The van der Waals surface area contributed by atoms with Crippen LogP contribution in [0, 0.1) is 17.0 Å². The molecule has 0 saturated carbocycles. The molecule has 1 rings (SSSR count). The molecule has 1 atom stereocenters. The number of alkyl halides is 3. The molecule has 1 unspecified atom stereocenters. The fraction of sp³-hybridized carbons (Fsp3) is 0.500. The fourth-order valence-electron chi connectivity index (χ4n) is 2.59. The van der Waals surface area contributed by atoms with Crippen molar-refractivity contribution in [1.29, 1.82) is 5.41 Å². The molecule has 0 aliphatic rings. The highest BCUT2D eigenvalue weighted by Crippen LogP contribution is 2.36. The van der Waals surface area contributed by atoms with Crippen LogP contribution in [-0.2, 0) is 0 Å². The summed E-state index contributed by atoms with van der Waals surface area (Å²) in [6.45, 7) is 9.74. The lowest BCUT2D eigenvalue weighted by atomic mass is 9.92. The van der Waals surface area contributed by atoms with E-state index < -0.39 is 53.1 Å². The Bertz CT molecular complexity index is 782. The third-order valence-electron chi connectivity index (χ3n) is 3.69. The summed E-state index contributed by atoms with van der Waals surface area (Å²) >= 11 is 0. The predicted molar refractivity (Wildman–Crippen MR) is 105 cm³/mol. The molecule has 0 spiro atoms. The minimum absolute atomic E-state index is 0.0930. The van der Waals surface area contributed by atoms with Gasteiger partial charge in [0.2, 0.25) is 0 Å². The van der Waals surface area contributed by atoms with Crippen molar-refractivity contribution in [3.8, 4) is 0 Å². The second kappa shape index (κ2) is 10.9. The van der Waals surface area contributed by atoms with Crippen LogP contribution in [-0.4, -0.2) is 29.0 Å². The number of carboxylic acid groups (broad SMARTS) is 1. The van der Waals surface area contributed by atoms with Gasteiger partial charge in [-0.15, -0.1) is 0 Å². The molecule has 0 radical (unpaired) electrons. The van der Waals surface area contributed by atoms with Crippen LogP contribution < -0.4 is 5.32 Å². The summed E-state index contributed by atoms with van der Waals surface area (Å²) in [5.74, 6) is -4.93. The smallest absolute Gasteiger partial charge is 0.408 e. The molecule has 0 aliphatic carbocycles. The van der Waals surface area contributed by atoms with E-state index in [0.717, 1.165) is 0 Å². The molecule has 0 fully saturated rings. The van der Waals surface area contributed by atoms with Crippen LogP contribution in [0.1, 0.15) is 70.3 Å². The maximum atomic E-state index is 14.8. The lowest BCUT2D eigenvalue weighted by Crippen LogP contribution is -2.36. The molecule has 3 N–H and O–H groups in total. The van der Waals surface area contributed by atoms with Crippen molar-refractivity contribution in [3.63, 3.8) is 0 Å². The van der Waals surface area contributed by atoms with Gasteiger partial charge in [-0.25, -0.2) is 13.6 Å². The van der Waals surface area contributed by atoms with Crippen LogP contribution >= 0.6 is 0 Å². The van der Waals surface area contributed by atoms with Gasteiger partial charge < -0.3 is 15.8 Å². The molecule has 0 aliphatic heterocycles. The van der Waals surface area contributed by atoms with Crippen LogP contribution in [0.25, 0.3) is 5.57 Å². The summed E-state index contributed by atoms with van der Waals surface area (Å²) in [6.07, 6.45) is -3.85. The highest BCUT2D eigenvalue weighted by atomic mass is 19.4. The number of carbonyl (C=O) groups is 1. The molecule has 1 aromatic carbocycles. The van der Waals surface area contributed by atoms with E-state index in [4.69, 9.17) is 10.5 Å². The van der Waals surface area contributed by atoms with Crippen LogP contribution in [0.2, 0.25) is 0 Å². The number of aromatic carboxylic acids is 1. The van der Waals surface area contributed by atoms with Crippen molar-refractivity contribution >= 4 is 22.9 Å². The Balaban J connectivity index is 0.00000245. The molecule has 0 aromatic heterocycles. The maximum absolute atomic E-state index is 14.8.